The van der Waals surface area contributed by atoms with E-state index in [-0.39, 0.29) is 31.6 Å². The molecule has 0 aliphatic carbocycles. The molecule has 2 aromatic rings. The minimum atomic E-state index is -0.552. The fourth-order valence-corrected chi connectivity index (χ4v) is 3.20. The van der Waals surface area contributed by atoms with Gasteiger partial charge in [0.1, 0.15) is 12.2 Å². The summed E-state index contributed by atoms with van der Waals surface area (Å²) in [5.74, 6) is -0.231. The molecule has 190 valence electrons. The summed E-state index contributed by atoms with van der Waals surface area (Å²) in [6.45, 7) is 6.30. The van der Waals surface area contributed by atoms with E-state index in [2.05, 4.69) is 16.0 Å². The molecule has 35 heavy (non-hydrogen) atoms. The van der Waals surface area contributed by atoms with Crippen LogP contribution < -0.4 is 16.0 Å². The van der Waals surface area contributed by atoms with Gasteiger partial charge in [-0.2, -0.15) is 0 Å². The van der Waals surface area contributed by atoms with Crippen LogP contribution in [-0.4, -0.2) is 49.8 Å². The van der Waals surface area contributed by atoms with E-state index in [1.165, 1.54) is 0 Å². The fourth-order valence-electron chi connectivity index (χ4n) is 3.20. The maximum Gasteiger partial charge on any atom is 0.407 e. The maximum absolute atomic E-state index is 12.3. The minimum Gasteiger partial charge on any atom is -0.444 e. The Morgan fingerprint density at radius 3 is 2.29 bits per heavy atom. The molecule has 0 saturated carbocycles. The van der Waals surface area contributed by atoms with Crippen LogP contribution in [0.15, 0.2) is 54.6 Å². The third-order valence-electron chi connectivity index (χ3n) is 4.80. The Morgan fingerprint density at radius 1 is 0.800 bits per heavy atom. The molecule has 0 spiro atoms. The number of nitrogens with one attached hydrogen (secondary N) is 3. The van der Waals surface area contributed by atoms with Crippen LogP contribution in [0.4, 0.5) is 10.5 Å². The molecule has 2 aromatic carbocycles. The lowest BCUT2D eigenvalue weighted by Gasteiger charge is -2.19. The second kappa shape index (κ2) is 14.8. The highest BCUT2D eigenvalue weighted by Gasteiger charge is 2.15. The summed E-state index contributed by atoms with van der Waals surface area (Å²) >= 11 is 0. The Kier molecular flexibility index (Phi) is 11.8. The van der Waals surface area contributed by atoms with Crippen molar-refractivity contribution in [1.82, 2.24) is 10.6 Å². The van der Waals surface area contributed by atoms with Gasteiger partial charge in [-0.15, -0.1) is 0 Å². The molecule has 0 aliphatic heterocycles. The van der Waals surface area contributed by atoms with E-state index in [4.69, 9.17) is 9.47 Å². The summed E-state index contributed by atoms with van der Waals surface area (Å²) in [6.07, 6.45) is 2.27. The lowest BCUT2D eigenvalue weighted by atomic mass is 10.1. The summed E-state index contributed by atoms with van der Waals surface area (Å²) in [4.78, 5) is 35.5. The zero-order chi connectivity index (χ0) is 25.5. The van der Waals surface area contributed by atoms with Crippen molar-refractivity contribution in [2.75, 3.05) is 31.6 Å². The first-order valence-corrected chi connectivity index (χ1v) is 12.0. The number of carbonyl (C=O) groups excluding carboxylic acids is 3. The first-order chi connectivity index (χ1) is 16.7. The maximum atomic E-state index is 12.3. The van der Waals surface area contributed by atoms with Crippen LogP contribution in [0.5, 0.6) is 0 Å². The average molecular weight is 484 g/mol. The number of benzene rings is 2. The first-order valence-electron chi connectivity index (χ1n) is 12.0. The molecule has 0 saturated heterocycles. The highest BCUT2D eigenvalue weighted by atomic mass is 16.6. The zero-order valence-corrected chi connectivity index (χ0v) is 20.9. The van der Waals surface area contributed by atoms with Crippen molar-refractivity contribution in [1.29, 1.82) is 0 Å². The van der Waals surface area contributed by atoms with Crippen molar-refractivity contribution in [3.05, 3.63) is 54.6 Å². The number of unbranched alkanes of at least 4 members (excludes halogenated alkanes) is 2. The molecule has 0 aliphatic rings. The molecule has 0 heterocycles. The number of carbonyl (C=O) groups is 3. The Morgan fingerprint density at radius 2 is 1.54 bits per heavy atom. The van der Waals surface area contributed by atoms with Gasteiger partial charge in [0.15, 0.2) is 0 Å². The molecule has 0 bridgehead atoms. The van der Waals surface area contributed by atoms with E-state index in [0.717, 1.165) is 36.1 Å². The van der Waals surface area contributed by atoms with Gasteiger partial charge in [0, 0.05) is 25.2 Å². The van der Waals surface area contributed by atoms with Gasteiger partial charge in [-0.1, -0.05) is 48.9 Å². The summed E-state index contributed by atoms with van der Waals surface area (Å²) in [5.41, 5.74) is 2.39. The van der Waals surface area contributed by atoms with Crippen LogP contribution in [0, 0.1) is 0 Å². The van der Waals surface area contributed by atoms with E-state index in [1.54, 1.807) is 20.8 Å². The molecule has 0 radical (unpaired) electrons. The van der Waals surface area contributed by atoms with E-state index in [9.17, 15) is 14.4 Å². The van der Waals surface area contributed by atoms with Gasteiger partial charge >= 0.3 is 6.09 Å². The highest BCUT2D eigenvalue weighted by Crippen LogP contribution is 2.22. The van der Waals surface area contributed by atoms with Crippen molar-refractivity contribution < 1.29 is 23.9 Å². The topological polar surface area (TPSA) is 106 Å². The normalized spacial score (nSPS) is 10.9. The average Bonchev–Trinajstić information content (AvgIpc) is 2.80. The molecule has 2 rings (SSSR count). The van der Waals surface area contributed by atoms with Crippen LogP contribution >= 0.6 is 0 Å². The van der Waals surface area contributed by atoms with Gasteiger partial charge < -0.3 is 25.4 Å². The Hall–Kier alpha value is -3.39. The van der Waals surface area contributed by atoms with Crippen molar-refractivity contribution in [3.8, 4) is 11.1 Å². The van der Waals surface area contributed by atoms with E-state index in [0.29, 0.717) is 13.0 Å². The Labute approximate surface area is 207 Å². The van der Waals surface area contributed by atoms with Crippen molar-refractivity contribution in [2.24, 2.45) is 0 Å². The number of amides is 3. The predicted molar refractivity (Wildman–Crippen MR) is 137 cm³/mol. The second-order valence-corrected chi connectivity index (χ2v) is 9.14. The summed E-state index contributed by atoms with van der Waals surface area (Å²) in [5, 5.41) is 8.30. The minimum absolute atomic E-state index is 0.0207. The van der Waals surface area contributed by atoms with Crippen LogP contribution in [0.3, 0.4) is 0 Å². The van der Waals surface area contributed by atoms with Gasteiger partial charge in [0.2, 0.25) is 11.8 Å². The molecular formula is C27H37N3O5. The van der Waals surface area contributed by atoms with Crippen molar-refractivity contribution in [3.63, 3.8) is 0 Å². The third-order valence-corrected chi connectivity index (χ3v) is 4.80. The summed E-state index contributed by atoms with van der Waals surface area (Å²) < 4.78 is 10.4. The van der Waals surface area contributed by atoms with Crippen LogP contribution in [0.2, 0.25) is 0 Å². The van der Waals surface area contributed by atoms with Crippen molar-refractivity contribution >= 4 is 23.6 Å². The van der Waals surface area contributed by atoms with Gasteiger partial charge in [0.25, 0.3) is 0 Å². The van der Waals surface area contributed by atoms with Crippen LogP contribution in [0.25, 0.3) is 11.1 Å². The largest absolute Gasteiger partial charge is 0.444 e. The first kappa shape index (κ1) is 27.9. The number of ether oxygens (including phenoxy) is 2. The number of anilines is 1. The SMILES string of the molecule is CC(C)(C)OC(=O)NCCOCC(=O)NCCCCCC(=O)Nc1cccc(-c2ccccc2)c1. The standard InChI is InChI=1S/C27H37N3O5/c1-27(2,3)35-26(33)29-17-18-34-20-25(32)28-16-9-5-8-15-24(31)30-23-14-10-13-22(19-23)21-11-6-4-7-12-21/h4,6-7,10-14,19H,5,8-9,15-18,20H2,1-3H3,(H,28,32)(H,29,33)(H,30,31). The number of rotatable bonds is 13. The quantitative estimate of drug-likeness (QED) is 0.364. The van der Waals surface area contributed by atoms with E-state index >= 15 is 0 Å². The van der Waals surface area contributed by atoms with Gasteiger partial charge in [0.05, 0.1) is 6.61 Å². The lowest BCUT2D eigenvalue weighted by molar-refractivity contribution is -0.125. The van der Waals surface area contributed by atoms with Crippen LogP contribution in [-0.2, 0) is 19.1 Å². The van der Waals surface area contributed by atoms with Gasteiger partial charge in [-0.3, -0.25) is 9.59 Å². The fraction of sp³-hybridized carbons (Fsp3) is 0.444. The highest BCUT2D eigenvalue weighted by molar-refractivity contribution is 5.91. The lowest BCUT2D eigenvalue weighted by Crippen LogP contribution is -2.35. The van der Waals surface area contributed by atoms with Crippen LogP contribution in [0.1, 0.15) is 46.5 Å². The van der Waals surface area contributed by atoms with E-state index in [1.807, 2.05) is 54.6 Å². The molecule has 0 unspecified atom stereocenters. The molecule has 0 aromatic heterocycles. The van der Waals surface area contributed by atoms with Gasteiger partial charge in [-0.05, 0) is 56.9 Å². The molecule has 0 fully saturated rings. The molecule has 8 nitrogen and oxygen atoms in total. The summed E-state index contributed by atoms with van der Waals surface area (Å²) in [6, 6.07) is 17.8. The second-order valence-electron chi connectivity index (χ2n) is 9.14. The number of alkyl carbamates (subject to hydrolysis) is 1. The smallest absolute Gasteiger partial charge is 0.407 e. The van der Waals surface area contributed by atoms with Gasteiger partial charge in [-0.25, -0.2) is 4.79 Å². The summed E-state index contributed by atoms with van der Waals surface area (Å²) in [7, 11) is 0. The third kappa shape index (κ3) is 12.6. The number of hydrogen-bond donors (Lipinski definition) is 3. The molecule has 8 heteroatoms. The molecule has 3 amide bonds. The Bertz CT molecular complexity index is 941. The predicted octanol–water partition coefficient (Wildman–Crippen LogP) is 4.51. The Balaban J connectivity index is 1.50. The zero-order valence-electron chi connectivity index (χ0n) is 20.9. The number of hydrogen-bond acceptors (Lipinski definition) is 5. The van der Waals surface area contributed by atoms with Crippen molar-refractivity contribution in [2.45, 2.75) is 52.1 Å². The van der Waals surface area contributed by atoms with E-state index < -0.39 is 11.7 Å². The monoisotopic (exact) mass is 483 g/mol. The molecular weight excluding hydrogens is 446 g/mol. The molecule has 3 N–H and O–H groups in total. The molecule has 0 atom stereocenters.